The highest BCUT2D eigenvalue weighted by molar-refractivity contribution is 6.33. The molecule has 3 aromatic rings. The number of carbonyl (C=O) groups excluding carboxylic acids is 2. The molecule has 2 aromatic carbocycles. The van der Waals surface area contributed by atoms with Gasteiger partial charge in [-0.25, -0.2) is 4.98 Å². The number of aromatic nitrogens is 2. The number of benzene rings is 2. The molecule has 0 fully saturated rings. The zero-order valence-corrected chi connectivity index (χ0v) is 15.8. The zero-order chi connectivity index (χ0) is 19.2. The quantitative estimate of drug-likeness (QED) is 0.657. The van der Waals surface area contributed by atoms with Crippen molar-refractivity contribution in [3.8, 4) is 0 Å². The first-order valence-corrected chi connectivity index (χ1v) is 9.21. The number of hydrogen-bond acceptors (Lipinski definition) is 3. The Balaban J connectivity index is 1.81. The number of hydrogen-bond donors (Lipinski definition) is 2. The van der Waals surface area contributed by atoms with Crippen molar-refractivity contribution in [1.82, 2.24) is 20.2 Å². The first-order chi connectivity index (χ1) is 13.1. The predicted octanol–water partition coefficient (Wildman–Crippen LogP) is 3.15. The highest BCUT2D eigenvalue weighted by atomic mass is 35.5. The number of imidazole rings is 1. The number of nitrogens with one attached hydrogen (secondary N) is 2. The maximum absolute atomic E-state index is 12.4. The molecule has 0 bridgehead atoms. The number of fused-ring (bicyclic) bond motifs is 1. The summed E-state index contributed by atoms with van der Waals surface area (Å²) in [4.78, 5) is 29.2. The third kappa shape index (κ3) is 4.46. The molecular weight excluding hydrogens is 364 g/mol. The van der Waals surface area contributed by atoms with Gasteiger partial charge in [0, 0.05) is 6.54 Å². The number of nitrogens with zero attached hydrogens (tertiary/aromatic N) is 2. The minimum Gasteiger partial charge on any atom is -0.355 e. The number of rotatable bonds is 7. The van der Waals surface area contributed by atoms with Gasteiger partial charge in [-0.15, -0.1) is 0 Å². The van der Waals surface area contributed by atoms with E-state index in [9.17, 15) is 9.59 Å². The van der Waals surface area contributed by atoms with E-state index in [1.807, 2.05) is 35.8 Å². The Morgan fingerprint density at radius 2 is 1.81 bits per heavy atom. The van der Waals surface area contributed by atoms with E-state index in [0.29, 0.717) is 23.0 Å². The fourth-order valence-corrected chi connectivity index (χ4v) is 3.02. The average molecular weight is 385 g/mol. The van der Waals surface area contributed by atoms with E-state index in [1.54, 1.807) is 24.3 Å². The monoisotopic (exact) mass is 384 g/mol. The van der Waals surface area contributed by atoms with Gasteiger partial charge in [-0.1, -0.05) is 42.8 Å². The molecule has 0 spiro atoms. The topological polar surface area (TPSA) is 76.0 Å². The van der Waals surface area contributed by atoms with Crippen molar-refractivity contribution in [2.75, 3.05) is 6.54 Å². The molecule has 3 rings (SSSR count). The molecule has 0 aliphatic heterocycles. The summed E-state index contributed by atoms with van der Waals surface area (Å²) in [6, 6.07) is 14.5. The molecule has 2 N–H and O–H groups in total. The Bertz CT molecular complexity index is 968. The molecular formula is C20H21ClN4O2. The Hall–Kier alpha value is -2.86. The van der Waals surface area contributed by atoms with Crippen LogP contribution in [0.25, 0.3) is 11.0 Å². The van der Waals surface area contributed by atoms with Crippen LogP contribution < -0.4 is 10.6 Å². The fourth-order valence-electron chi connectivity index (χ4n) is 2.80. The highest BCUT2D eigenvalue weighted by Crippen LogP contribution is 2.17. The lowest BCUT2D eigenvalue weighted by Gasteiger charge is -2.11. The summed E-state index contributed by atoms with van der Waals surface area (Å²) in [6.07, 6.45) is 0.872. The second-order valence-corrected chi connectivity index (χ2v) is 6.52. The summed E-state index contributed by atoms with van der Waals surface area (Å²) in [7, 11) is 0. The molecule has 7 heteroatoms. The number of halogens is 1. The second kappa shape index (κ2) is 8.68. The van der Waals surface area contributed by atoms with Gasteiger partial charge in [0.2, 0.25) is 5.91 Å². The Labute approximate surface area is 162 Å². The number of carbonyl (C=O) groups is 2. The van der Waals surface area contributed by atoms with Gasteiger partial charge < -0.3 is 15.2 Å². The Morgan fingerprint density at radius 1 is 1.07 bits per heavy atom. The average Bonchev–Trinajstić information content (AvgIpc) is 3.02. The SMILES string of the molecule is CCCNC(=O)Cn1c(CNC(=O)c2ccccc2Cl)nc2ccccc21. The Kier molecular flexibility index (Phi) is 6.08. The molecule has 27 heavy (non-hydrogen) atoms. The largest absolute Gasteiger partial charge is 0.355 e. The highest BCUT2D eigenvalue weighted by Gasteiger charge is 2.15. The molecule has 0 saturated heterocycles. The van der Waals surface area contributed by atoms with Crippen LogP contribution in [0, 0.1) is 0 Å². The van der Waals surface area contributed by atoms with Crippen molar-refractivity contribution in [1.29, 1.82) is 0 Å². The maximum Gasteiger partial charge on any atom is 0.253 e. The normalized spacial score (nSPS) is 10.7. The van der Waals surface area contributed by atoms with Crippen molar-refractivity contribution < 1.29 is 9.59 Å². The molecule has 1 aromatic heterocycles. The molecule has 0 atom stereocenters. The summed E-state index contributed by atoms with van der Waals surface area (Å²) in [5.74, 6) is 0.247. The molecule has 6 nitrogen and oxygen atoms in total. The second-order valence-electron chi connectivity index (χ2n) is 6.12. The van der Waals surface area contributed by atoms with Gasteiger partial charge in [-0.3, -0.25) is 9.59 Å². The molecule has 1 heterocycles. The van der Waals surface area contributed by atoms with E-state index >= 15 is 0 Å². The lowest BCUT2D eigenvalue weighted by molar-refractivity contribution is -0.121. The first-order valence-electron chi connectivity index (χ1n) is 8.83. The number of para-hydroxylation sites is 2. The third-order valence-electron chi connectivity index (χ3n) is 4.13. The van der Waals surface area contributed by atoms with Crippen LogP contribution in [-0.2, 0) is 17.9 Å². The zero-order valence-electron chi connectivity index (χ0n) is 15.0. The maximum atomic E-state index is 12.4. The van der Waals surface area contributed by atoms with E-state index in [-0.39, 0.29) is 24.9 Å². The minimum absolute atomic E-state index is 0.0846. The summed E-state index contributed by atoms with van der Waals surface area (Å²) in [6.45, 7) is 2.98. The summed E-state index contributed by atoms with van der Waals surface area (Å²) in [5.41, 5.74) is 2.04. The van der Waals surface area contributed by atoms with E-state index in [4.69, 9.17) is 11.6 Å². The molecule has 2 amide bonds. The molecule has 0 aliphatic rings. The summed E-state index contributed by atoms with van der Waals surface area (Å²) in [5, 5.41) is 6.09. The van der Waals surface area contributed by atoms with Gasteiger partial charge >= 0.3 is 0 Å². The smallest absolute Gasteiger partial charge is 0.253 e. The molecule has 0 radical (unpaired) electrons. The van der Waals surface area contributed by atoms with E-state index in [1.165, 1.54) is 0 Å². The van der Waals surface area contributed by atoms with Crippen molar-refractivity contribution in [2.24, 2.45) is 0 Å². The van der Waals surface area contributed by atoms with Gasteiger partial charge in [0.1, 0.15) is 12.4 Å². The third-order valence-corrected chi connectivity index (χ3v) is 4.46. The van der Waals surface area contributed by atoms with E-state index in [0.717, 1.165) is 17.5 Å². The predicted molar refractivity (Wildman–Crippen MR) is 106 cm³/mol. The van der Waals surface area contributed by atoms with Crippen LogP contribution in [0.15, 0.2) is 48.5 Å². The molecule has 0 aliphatic carbocycles. The van der Waals surface area contributed by atoms with Gasteiger partial charge in [-0.2, -0.15) is 0 Å². The first kappa shape index (κ1) is 18.9. The minimum atomic E-state index is -0.283. The van der Waals surface area contributed by atoms with Crippen LogP contribution >= 0.6 is 11.6 Å². The lowest BCUT2D eigenvalue weighted by Crippen LogP contribution is -2.30. The molecule has 0 unspecified atom stereocenters. The van der Waals surface area contributed by atoms with Gasteiger partial charge in [-0.05, 0) is 30.7 Å². The summed E-state index contributed by atoms with van der Waals surface area (Å²) < 4.78 is 1.83. The van der Waals surface area contributed by atoms with E-state index in [2.05, 4.69) is 15.6 Å². The number of amides is 2. The standard InChI is InChI=1S/C20H21ClN4O2/c1-2-11-22-19(26)13-25-17-10-6-5-9-16(17)24-18(25)12-23-20(27)14-7-3-4-8-15(14)21/h3-10H,2,11-13H2,1H3,(H,22,26)(H,23,27). The molecule has 0 saturated carbocycles. The van der Waals surface area contributed by atoms with Gasteiger partial charge in [0.15, 0.2) is 0 Å². The van der Waals surface area contributed by atoms with Gasteiger partial charge in [0.25, 0.3) is 5.91 Å². The van der Waals surface area contributed by atoms with E-state index < -0.39 is 0 Å². The van der Waals surface area contributed by atoms with Crippen LogP contribution in [0.5, 0.6) is 0 Å². The van der Waals surface area contributed by atoms with Crippen LogP contribution in [0.2, 0.25) is 5.02 Å². The van der Waals surface area contributed by atoms with Crippen LogP contribution in [0.1, 0.15) is 29.5 Å². The lowest BCUT2D eigenvalue weighted by atomic mass is 10.2. The van der Waals surface area contributed by atoms with Crippen molar-refractivity contribution in [2.45, 2.75) is 26.4 Å². The summed E-state index contributed by atoms with van der Waals surface area (Å²) >= 11 is 6.08. The van der Waals surface area contributed by atoms with Crippen LogP contribution in [0.3, 0.4) is 0 Å². The van der Waals surface area contributed by atoms with Crippen LogP contribution in [0.4, 0.5) is 0 Å². The van der Waals surface area contributed by atoms with Crippen molar-refractivity contribution in [3.63, 3.8) is 0 Å². The fraction of sp³-hybridized carbons (Fsp3) is 0.250. The van der Waals surface area contributed by atoms with Crippen molar-refractivity contribution >= 4 is 34.4 Å². The van der Waals surface area contributed by atoms with Crippen LogP contribution in [-0.4, -0.2) is 27.9 Å². The van der Waals surface area contributed by atoms with Gasteiger partial charge in [0.05, 0.1) is 28.2 Å². The Morgan fingerprint density at radius 3 is 2.59 bits per heavy atom. The molecule has 140 valence electrons. The van der Waals surface area contributed by atoms with Crippen molar-refractivity contribution in [3.05, 3.63) is 64.9 Å².